The van der Waals surface area contributed by atoms with Gasteiger partial charge in [-0.25, -0.2) is 0 Å². The molecular weight excluding hydrogens is 268 g/mol. The first-order valence-corrected chi connectivity index (χ1v) is 7.68. The van der Waals surface area contributed by atoms with Gasteiger partial charge in [-0.2, -0.15) is 5.10 Å². The number of methoxy groups -OCH3 is 1. The van der Waals surface area contributed by atoms with E-state index in [4.69, 9.17) is 4.74 Å². The van der Waals surface area contributed by atoms with Gasteiger partial charge in [0.05, 0.1) is 6.61 Å². The molecule has 1 aromatic rings. The maximum Gasteiger partial charge on any atom is 0.244 e. The number of carbonyl (C=O) groups excluding carboxylic acids is 1. The van der Waals surface area contributed by atoms with Gasteiger partial charge in [0.1, 0.15) is 6.54 Å². The first-order chi connectivity index (χ1) is 10.2. The van der Waals surface area contributed by atoms with Crippen LogP contribution in [0.3, 0.4) is 0 Å². The highest BCUT2D eigenvalue weighted by Gasteiger charge is 2.47. The summed E-state index contributed by atoms with van der Waals surface area (Å²) in [5.74, 6) is 0.612. The van der Waals surface area contributed by atoms with Crippen LogP contribution in [0.25, 0.3) is 0 Å². The molecule has 1 atom stereocenters. The Hall–Kier alpha value is -1.40. The summed E-state index contributed by atoms with van der Waals surface area (Å²) in [6, 6.07) is 1.85. The van der Waals surface area contributed by atoms with E-state index in [0.29, 0.717) is 12.5 Å². The topological polar surface area (TPSA) is 59.4 Å². The molecule has 1 amide bonds. The average Bonchev–Trinajstić information content (AvgIpc) is 3.10. The molecule has 116 valence electrons. The first-order valence-electron chi connectivity index (χ1n) is 7.68. The monoisotopic (exact) mass is 292 g/mol. The molecule has 2 fully saturated rings. The minimum Gasteiger partial charge on any atom is -0.384 e. The van der Waals surface area contributed by atoms with Crippen LogP contribution in [0.4, 0.5) is 0 Å². The Bertz CT molecular complexity index is 468. The summed E-state index contributed by atoms with van der Waals surface area (Å²) in [6.07, 6.45) is 5.80. The van der Waals surface area contributed by atoms with Crippen molar-refractivity contribution in [2.24, 2.45) is 11.3 Å². The number of aromatic nitrogens is 2. The van der Waals surface area contributed by atoms with Crippen molar-refractivity contribution in [1.29, 1.82) is 0 Å². The lowest BCUT2D eigenvalue weighted by Gasteiger charge is -2.38. The Morgan fingerprint density at radius 2 is 2.29 bits per heavy atom. The van der Waals surface area contributed by atoms with Crippen LogP contribution in [0.1, 0.15) is 12.8 Å². The lowest BCUT2D eigenvalue weighted by Crippen LogP contribution is -2.43. The van der Waals surface area contributed by atoms with Crippen molar-refractivity contribution in [3.8, 4) is 0 Å². The second kappa shape index (κ2) is 6.15. The van der Waals surface area contributed by atoms with Crippen molar-refractivity contribution < 1.29 is 9.53 Å². The first kappa shape index (κ1) is 14.5. The molecule has 6 nitrogen and oxygen atoms in total. The zero-order valence-corrected chi connectivity index (χ0v) is 12.6. The van der Waals surface area contributed by atoms with E-state index in [1.165, 1.54) is 0 Å². The minimum atomic E-state index is 0.162. The van der Waals surface area contributed by atoms with Gasteiger partial charge < -0.3 is 15.0 Å². The van der Waals surface area contributed by atoms with E-state index in [9.17, 15) is 4.79 Å². The molecule has 0 saturated carbocycles. The highest BCUT2D eigenvalue weighted by molar-refractivity contribution is 5.76. The summed E-state index contributed by atoms with van der Waals surface area (Å²) in [5.41, 5.74) is 0.237. The maximum absolute atomic E-state index is 12.5. The predicted octanol–water partition coefficient (Wildman–Crippen LogP) is 0.358. The van der Waals surface area contributed by atoms with Crippen LogP contribution < -0.4 is 5.32 Å². The van der Waals surface area contributed by atoms with Crippen molar-refractivity contribution >= 4 is 5.91 Å². The molecule has 0 aliphatic carbocycles. The second-order valence-electron chi connectivity index (χ2n) is 6.24. The highest BCUT2D eigenvalue weighted by Crippen LogP contribution is 2.43. The number of nitrogens with zero attached hydrogens (tertiary/aromatic N) is 3. The molecule has 2 aliphatic rings. The van der Waals surface area contributed by atoms with Crippen LogP contribution in [-0.4, -0.2) is 60.5 Å². The van der Waals surface area contributed by atoms with Gasteiger partial charge in [-0.05, 0) is 37.4 Å². The number of piperidine rings is 1. The second-order valence-corrected chi connectivity index (χ2v) is 6.24. The normalized spacial score (nSPS) is 24.6. The third-order valence-electron chi connectivity index (χ3n) is 4.99. The number of nitrogens with one attached hydrogen (secondary N) is 1. The van der Waals surface area contributed by atoms with E-state index >= 15 is 0 Å². The third-order valence-corrected chi connectivity index (χ3v) is 4.99. The molecule has 0 bridgehead atoms. The molecule has 1 aromatic heterocycles. The van der Waals surface area contributed by atoms with Gasteiger partial charge in [-0.1, -0.05) is 0 Å². The number of likely N-dealkylation sites (tertiary alicyclic amines) is 1. The van der Waals surface area contributed by atoms with Crippen molar-refractivity contribution in [2.45, 2.75) is 19.4 Å². The number of amides is 1. The van der Waals surface area contributed by atoms with E-state index in [-0.39, 0.29) is 11.3 Å². The average molecular weight is 292 g/mol. The number of hydrogen-bond donors (Lipinski definition) is 1. The standard InChI is InChI=1S/C15H24N4O2/c1-21-11-13-9-18(12-15(13)3-6-16-7-4-15)14(20)10-19-8-2-5-17-19/h2,5,8,13,16H,3-4,6-7,9-12H2,1H3. The molecule has 0 radical (unpaired) electrons. The van der Waals surface area contributed by atoms with Gasteiger partial charge >= 0.3 is 0 Å². The molecule has 3 heterocycles. The maximum atomic E-state index is 12.5. The van der Waals surface area contributed by atoms with Gasteiger partial charge in [0.2, 0.25) is 5.91 Å². The zero-order valence-electron chi connectivity index (χ0n) is 12.6. The molecule has 1 N–H and O–H groups in total. The molecule has 2 saturated heterocycles. The van der Waals surface area contributed by atoms with Crippen molar-refractivity contribution in [3.63, 3.8) is 0 Å². The number of ether oxygens (including phenoxy) is 1. The number of hydrogen-bond acceptors (Lipinski definition) is 4. The molecule has 21 heavy (non-hydrogen) atoms. The molecule has 0 aromatic carbocycles. The largest absolute Gasteiger partial charge is 0.384 e. The Morgan fingerprint density at radius 1 is 1.48 bits per heavy atom. The molecular formula is C15H24N4O2. The van der Waals surface area contributed by atoms with Gasteiger partial charge in [0, 0.05) is 38.5 Å². The lowest BCUT2D eigenvalue weighted by atomic mass is 9.71. The highest BCUT2D eigenvalue weighted by atomic mass is 16.5. The Balaban J connectivity index is 1.68. The fourth-order valence-corrected chi connectivity index (χ4v) is 3.78. The summed E-state index contributed by atoms with van der Waals surface area (Å²) in [7, 11) is 1.75. The Morgan fingerprint density at radius 3 is 2.95 bits per heavy atom. The summed E-state index contributed by atoms with van der Waals surface area (Å²) >= 11 is 0. The third kappa shape index (κ3) is 2.96. The number of rotatable bonds is 4. The SMILES string of the molecule is COCC1CN(C(=O)Cn2cccn2)CC12CCNCC2. The van der Waals surface area contributed by atoms with E-state index < -0.39 is 0 Å². The summed E-state index contributed by atoms with van der Waals surface area (Å²) in [6.45, 7) is 4.84. The van der Waals surface area contributed by atoms with Gasteiger partial charge in [0.25, 0.3) is 0 Å². The molecule has 1 unspecified atom stereocenters. The molecule has 6 heteroatoms. The van der Waals surface area contributed by atoms with E-state index in [2.05, 4.69) is 10.4 Å². The minimum absolute atomic E-state index is 0.162. The summed E-state index contributed by atoms with van der Waals surface area (Å²) in [5, 5.41) is 7.54. The van der Waals surface area contributed by atoms with Crippen LogP contribution in [0.15, 0.2) is 18.5 Å². The fourth-order valence-electron chi connectivity index (χ4n) is 3.78. The summed E-state index contributed by atoms with van der Waals surface area (Å²) in [4.78, 5) is 14.5. The zero-order chi connectivity index (χ0) is 14.7. The number of carbonyl (C=O) groups is 1. The van der Waals surface area contributed by atoms with Gasteiger partial charge in [-0.3, -0.25) is 9.48 Å². The van der Waals surface area contributed by atoms with Gasteiger partial charge in [0.15, 0.2) is 0 Å². The van der Waals surface area contributed by atoms with E-state index in [1.807, 2.05) is 17.2 Å². The van der Waals surface area contributed by atoms with Crippen LogP contribution in [0, 0.1) is 11.3 Å². The van der Waals surface area contributed by atoms with E-state index in [0.717, 1.165) is 45.6 Å². The molecule has 1 spiro atoms. The van der Waals surface area contributed by atoms with Crippen LogP contribution in [0.5, 0.6) is 0 Å². The van der Waals surface area contributed by atoms with Crippen molar-refractivity contribution in [2.75, 3.05) is 39.9 Å². The Labute approximate surface area is 125 Å². The van der Waals surface area contributed by atoms with Crippen LogP contribution in [0.2, 0.25) is 0 Å². The molecule has 3 rings (SSSR count). The smallest absolute Gasteiger partial charge is 0.244 e. The van der Waals surface area contributed by atoms with Crippen molar-refractivity contribution in [3.05, 3.63) is 18.5 Å². The summed E-state index contributed by atoms with van der Waals surface area (Å²) < 4.78 is 7.11. The van der Waals surface area contributed by atoms with Gasteiger partial charge in [-0.15, -0.1) is 0 Å². The predicted molar refractivity (Wildman–Crippen MR) is 78.7 cm³/mol. The quantitative estimate of drug-likeness (QED) is 0.870. The fraction of sp³-hybridized carbons (Fsp3) is 0.733. The lowest BCUT2D eigenvalue weighted by molar-refractivity contribution is -0.131. The molecule has 2 aliphatic heterocycles. The van der Waals surface area contributed by atoms with E-state index in [1.54, 1.807) is 18.0 Å². The van der Waals surface area contributed by atoms with Crippen LogP contribution >= 0.6 is 0 Å². The van der Waals surface area contributed by atoms with Crippen molar-refractivity contribution in [1.82, 2.24) is 20.0 Å². The Kier molecular flexibility index (Phi) is 4.26. The van der Waals surface area contributed by atoms with Crippen LogP contribution in [-0.2, 0) is 16.1 Å².